The van der Waals surface area contributed by atoms with Crippen molar-refractivity contribution in [2.45, 2.75) is 11.8 Å². The fraction of sp³-hybridized carbons (Fsp3) is 0.111. The second-order valence-corrected chi connectivity index (χ2v) is 6.08. The molecule has 0 aliphatic carbocycles. The first kappa shape index (κ1) is 14.6. The van der Waals surface area contributed by atoms with Crippen molar-refractivity contribution in [2.75, 3.05) is 11.1 Å². The number of amides is 1. The third-order valence-corrected chi connectivity index (χ3v) is 4.31. The Labute approximate surface area is 133 Å². The van der Waals surface area contributed by atoms with E-state index in [9.17, 15) is 4.79 Å². The number of para-hydroxylation sites is 1. The van der Waals surface area contributed by atoms with Crippen molar-refractivity contribution in [3.8, 4) is 0 Å². The molecule has 0 radical (unpaired) electrons. The maximum absolute atomic E-state index is 12.1. The van der Waals surface area contributed by atoms with E-state index in [2.05, 4.69) is 29.4 Å². The third kappa shape index (κ3) is 3.46. The predicted molar refractivity (Wildman–Crippen MR) is 92.3 cm³/mol. The largest absolute Gasteiger partial charge is 0.323 e. The number of anilines is 1. The molecule has 0 atom stereocenters. The highest BCUT2D eigenvalue weighted by molar-refractivity contribution is 8.00. The standard InChI is InChI=1S/C18H16N2OS/c1-13-7-9-15(10-8-13)22-12-17(21)20-16-6-2-4-14-5-3-11-19-18(14)16/h2-11H,12H2,1H3,(H,20,21). The van der Waals surface area contributed by atoms with Crippen molar-refractivity contribution in [3.63, 3.8) is 0 Å². The Morgan fingerprint density at radius 3 is 2.68 bits per heavy atom. The van der Waals surface area contributed by atoms with E-state index in [1.165, 1.54) is 17.3 Å². The minimum absolute atomic E-state index is 0.0243. The Kier molecular flexibility index (Phi) is 4.39. The van der Waals surface area contributed by atoms with Gasteiger partial charge >= 0.3 is 0 Å². The SMILES string of the molecule is Cc1ccc(SCC(=O)Nc2cccc3cccnc23)cc1. The number of nitrogens with one attached hydrogen (secondary N) is 1. The summed E-state index contributed by atoms with van der Waals surface area (Å²) in [6, 6.07) is 17.8. The third-order valence-electron chi connectivity index (χ3n) is 3.30. The van der Waals surface area contributed by atoms with E-state index in [0.717, 1.165) is 21.5 Å². The van der Waals surface area contributed by atoms with Crippen molar-refractivity contribution >= 4 is 34.3 Å². The lowest BCUT2D eigenvalue weighted by Gasteiger charge is -2.08. The highest BCUT2D eigenvalue weighted by Gasteiger charge is 2.07. The lowest BCUT2D eigenvalue weighted by atomic mass is 10.2. The first-order valence-electron chi connectivity index (χ1n) is 7.05. The van der Waals surface area contributed by atoms with Gasteiger partial charge in [-0.2, -0.15) is 0 Å². The van der Waals surface area contributed by atoms with E-state index < -0.39 is 0 Å². The van der Waals surface area contributed by atoms with Crippen LogP contribution in [0.25, 0.3) is 10.9 Å². The van der Waals surface area contributed by atoms with Gasteiger partial charge in [0.25, 0.3) is 0 Å². The van der Waals surface area contributed by atoms with Gasteiger partial charge in [-0.1, -0.05) is 35.9 Å². The molecule has 1 N–H and O–H groups in total. The molecule has 4 heteroatoms. The zero-order chi connectivity index (χ0) is 15.4. The maximum Gasteiger partial charge on any atom is 0.234 e. The Hall–Kier alpha value is -2.33. The molecule has 2 aromatic carbocycles. The molecule has 3 nitrogen and oxygen atoms in total. The number of benzene rings is 2. The average molecular weight is 308 g/mol. The minimum atomic E-state index is -0.0243. The monoisotopic (exact) mass is 308 g/mol. The Bertz CT molecular complexity index is 794. The molecule has 0 spiro atoms. The highest BCUT2D eigenvalue weighted by Crippen LogP contribution is 2.22. The van der Waals surface area contributed by atoms with Gasteiger partial charge in [0.2, 0.25) is 5.91 Å². The van der Waals surface area contributed by atoms with Gasteiger partial charge in [0.15, 0.2) is 0 Å². The van der Waals surface area contributed by atoms with Crippen molar-refractivity contribution in [3.05, 3.63) is 66.4 Å². The van der Waals surface area contributed by atoms with Crippen LogP contribution in [-0.2, 0) is 4.79 Å². The summed E-state index contributed by atoms with van der Waals surface area (Å²) < 4.78 is 0. The summed E-state index contributed by atoms with van der Waals surface area (Å²) in [5.41, 5.74) is 2.79. The van der Waals surface area contributed by atoms with Crippen molar-refractivity contribution in [1.29, 1.82) is 0 Å². The number of hydrogen-bond acceptors (Lipinski definition) is 3. The molecule has 0 aliphatic heterocycles. The zero-order valence-corrected chi connectivity index (χ0v) is 13.1. The summed E-state index contributed by atoms with van der Waals surface area (Å²) in [5.74, 6) is 0.357. The van der Waals surface area contributed by atoms with Crippen LogP contribution in [0, 0.1) is 6.92 Å². The zero-order valence-electron chi connectivity index (χ0n) is 12.2. The first-order valence-corrected chi connectivity index (χ1v) is 8.04. The Balaban J connectivity index is 1.67. The van der Waals surface area contributed by atoms with Crippen molar-refractivity contribution in [2.24, 2.45) is 0 Å². The average Bonchev–Trinajstić information content (AvgIpc) is 2.55. The van der Waals surface area contributed by atoms with Crippen molar-refractivity contribution in [1.82, 2.24) is 4.98 Å². The molecule has 1 amide bonds. The van der Waals surface area contributed by atoms with Gasteiger partial charge in [0, 0.05) is 16.5 Å². The molecule has 22 heavy (non-hydrogen) atoms. The van der Waals surface area contributed by atoms with Crippen LogP contribution in [0.4, 0.5) is 5.69 Å². The number of carbonyl (C=O) groups is 1. The van der Waals surface area contributed by atoms with Crippen molar-refractivity contribution < 1.29 is 4.79 Å². The minimum Gasteiger partial charge on any atom is -0.323 e. The molecule has 3 aromatic rings. The summed E-state index contributed by atoms with van der Waals surface area (Å²) in [6.07, 6.45) is 1.74. The number of pyridine rings is 1. The van der Waals surface area contributed by atoms with E-state index in [1.807, 2.05) is 42.5 Å². The van der Waals surface area contributed by atoms with Gasteiger partial charge in [-0.05, 0) is 31.2 Å². The van der Waals surface area contributed by atoms with Gasteiger partial charge in [-0.15, -0.1) is 11.8 Å². The van der Waals surface area contributed by atoms with Crippen LogP contribution < -0.4 is 5.32 Å². The lowest BCUT2D eigenvalue weighted by Crippen LogP contribution is -2.14. The van der Waals surface area contributed by atoms with Gasteiger partial charge in [-0.25, -0.2) is 0 Å². The number of rotatable bonds is 4. The molecule has 0 saturated carbocycles. The smallest absolute Gasteiger partial charge is 0.234 e. The molecule has 0 bridgehead atoms. The Morgan fingerprint density at radius 1 is 1.09 bits per heavy atom. The lowest BCUT2D eigenvalue weighted by molar-refractivity contribution is -0.113. The molecule has 0 saturated heterocycles. The molecule has 0 aliphatic rings. The number of carbonyl (C=O) groups excluding carboxylic acids is 1. The molecular weight excluding hydrogens is 292 g/mol. The van der Waals surface area contributed by atoms with E-state index in [-0.39, 0.29) is 5.91 Å². The van der Waals surface area contributed by atoms with Crippen LogP contribution >= 0.6 is 11.8 Å². The summed E-state index contributed by atoms with van der Waals surface area (Å²) in [7, 11) is 0. The van der Waals surface area contributed by atoms with E-state index in [1.54, 1.807) is 6.20 Å². The number of hydrogen-bond donors (Lipinski definition) is 1. The highest BCUT2D eigenvalue weighted by atomic mass is 32.2. The molecular formula is C18H16N2OS. The number of fused-ring (bicyclic) bond motifs is 1. The van der Waals surface area contributed by atoms with E-state index in [4.69, 9.17) is 0 Å². The van der Waals surface area contributed by atoms with Gasteiger partial charge in [0.1, 0.15) is 0 Å². The summed E-state index contributed by atoms with van der Waals surface area (Å²) in [6.45, 7) is 2.05. The molecule has 110 valence electrons. The topological polar surface area (TPSA) is 42.0 Å². The second kappa shape index (κ2) is 6.62. The number of aromatic nitrogens is 1. The fourth-order valence-corrected chi connectivity index (χ4v) is 2.87. The summed E-state index contributed by atoms with van der Waals surface area (Å²) in [5, 5.41) is 3.96. The Morgan fingerprint density at radius 2 is 1.86 bits per heavy atom. The normalized spacial score (nSPS) is 10.6. The predicted octanol–water partition coefficient (Wildman–Crippen LogP) is 4.27. The van der Waals surface area contributed by atoms with Crippen LogP contribution in [0.3, 0.4) is 0 Å². The van der Waals surface area contributed by atoms with Gasteiger partial charge in [-0.3, -0.25) is 9.78 Å². The quantitative estimate of drug-likeness (QED) is 0.732. The van der Waals surface area contributed by atoms with E-state index >= 15 is 0 Å². The molecule has 3 rings (SSSR count). The van der Waals surface area contributed by atoms with Crippen LogP contribution in [0.1, 0.15) is 5.56 Å². The van der Waals surface area contributed by atoms with Crippen LogP contribution in [0.15, 0.2) is 65.7 Å². The summed E-state index contributed by atoms with van der Waals surface area (Å²) in [4.78, 5) is 17.6. The molecule has 1 heterocycles. The maximum atomic E-state index is 12.1. The number of thioether (sulfide) groups is 1. The molecule has 0 unspecified atom stereocenters. The molecule has 1 aromatic heterocycles. The van der Waals surface area contributed by atoms with E-state index in [0.29, 0.717) is 5.75 Å². The van der Waals surface area contributed by atoms with Gasteiger partial charge in [0.05, 0.1) is 17.0 Å². The van der Waals surface area contributed by atoms with Crippen LogP contribution in [-0.4, -0.2) is 16.6 Å². The first-order chi connectivity index (χ1) is 10.7. The number of aryl methyl sites for hydroxylation is 1. The second-order valence-electron chi connectivity index (χ2n) is 5.03. The fourth-order valence-electron chi connectivity index (χ4n) is 2.17. The summed E-state index contributed by atoms with van der Waals surface area (Å²) >= 11 is 1.53. The van der Waals surface area contributed by atoms with Crippen LogP contribution in [0.5, 0.6) is 0 Å². The molecule has 0 fully saturated rings. The van der Waals surface area contributed by atoms with Crippen LogP contribution in [0.2, 0.25) is 0 Å². The number of nitrogens with zero attached hydrogens (tertiary/aromatic N) is 1. The van der Waals surface area contributed by atoms with Gasteiger partial charge < -0.3 is 5.32 Å².